The van der Waals surface area contributed by atoms with Crippen molar-refractivity contribution in [3.63, 3.8) is 0 Å². The molecule has 0 spiro atoms. The molecule has 0 saturated heterocycles. The van der Waals surface area contributed by atoms with Crippen LogP contribution in [0.15, 0.2) is 52.8 Å². The Morgan fingerprint density at radius 2 is 1.70 bits per heavy atom. The van der Waals surface area contributed by atoms with E-state index in [1.54, 1.807) is 18.2 Å². The first kappa shape index (κ1) is 15.4. The van der Waals surface area contributed by atoms with E-state index in [1.807, 2.05) is 0 Å². The Hall–Kier alpha value is -2.48. The zero-order valence-electron chi connectivity index (χ0n) is 11.5. The van der Waals surface area contributed by atoms with Crippen molar-refractivity contribution in [2.24, 2.45) is 0 Å². The van der Waals surface area contributed by atoms with Crippen LogP contribution in [0.3, 0.4) is 0 Å². The van der Waals surface area contributed by atoms with Crippen LogP contribution in [-0.4, -0.2) is 14.8 Å². The molecule has 1 N–H and O–H groups in total. The Balaban J connectivity index is 1.86. The van der Waals surface area contributed by atoms with Gasteiger partial charge >= 0.3 is 6.36 Å². The molecule has 0 fully saturated rings. The molecule has 0 atom stereocenters. The van der Waals surface area contributed by atoms with Crippen molar-refractivity contribution >= 4 is 27.3 Å². The molecule has 120 valence electrons. The number of halogens is 3. The summed E-state index contributed by atoms with van der Waals surface area (Å²) in [4.78, 5) is 0.149. The second kappa shape index (κ2) is 5.31. The fraction of sp³-hybridized carbons (Fsp3) is 0.0667. The number of nitrogens with one attached hydrogen (secondary N) is 1. The van der Waals surface area contributed by atoms with Gasteiger partial charge in [0.2, 0.25) is 9.84 Å². The van der Waals surface area contributed by atoms with Gasteiger partial charge < -0.3 is 10.1 Å². The van der Waals surface area contributed by atoms with Gasteiger partial charge in [0.25, 0.3) is 0 Å². The number of fused-ring (bicyclic) bond motifs is 1. The molecule has 4 nitrogen and oxygen atoms in total. The predicted octanol–water partition coefficient (Wildman–Crippen LogP) is 4.09. The summed E-state index contributed by atoms with van der Waals surface area (Å²) in [6.45, 7) is 0. The molecule has 1 heterocycles. The highest BCUT2D eigenvalue weighted by molar-refractivity contribution is 7.95. The number of hydrogen-bond acceptors (Lipinski definition) is 4. The molecular formula is C15H10F3NO3S. The Bertz CT molecular complexity index is 872. The van der Waals surface area contributed by atoms with E-state index in [2.05, 4.69) is 10.1 Å². The number of anilines is 2. The van der Waals surface area contributed by atoms with E-state index in [0.717, 1.165) is 17.5 Å². The van der Waals surface area contributed by atoms with Crippen LogP contribution >= 0.6 is 0 Å². The van der Waals surface area contributed by atoms with E-state index >= 15 is 0 Å². The van der Waals surface area contributed by atoms with Gasteiger partial charge in [-0.1, -0.05) is 12.1 Å². The second-order valence-electron chi connectivity index (χ2n) is 4.77. The van der Waals surface area contributed by atoms with Gasteiger partial charge in [-0.3, -0.25) is 0 Å². The fourth-order valence-electron chi connectivity index (χ4n) is 2.23. The first-order valence-electron chi connectivity index (χ1n) is 6.44. The second-order valence-corrected chi connectivity index (χ2v) is 6.54. The minimum atomic E-state index is -4.76. The first-order valence-corrected chi connectivity index (χ1v) is 7.98. The van der Waals surface area contributed by atoms with Gasteiger partial charge in [-0.05, 0) is 42.0 Å². The van der Waals surface area contributed by atoms with Crippen LogP contribution in [0.2, 0.25) is 0 Å². The summed E-state index contributed by atoms with van der Waals surface area (Å²) in [5.41, 5.74) is 1.36. The Labute approximate surface area is 130 Å². The van der Waals surface area contributed by atoms with Crippen molar-refractivity contribution in [1.29, 1.82) is 0 Å². The van der Waals surface area contributed by atoms with E-state index < -0.39 is 16.2 Å². The van der Waals surface area contributed by atoms with Crippen LogP contribution in [-0.2, 0) is 9.84 Å². The summed E-state index contributed by atoms with van der Waals surface area (Å²) in [6, 6.07) is 9.97. The number of sulfone groups is 1. The molecule has 8 heteroatoms. The molecule has 0 aromatic heterocycles. The minimum absolute atomic E-state index is 0.149. The van der Waals surface area contributed by atoms with Crippen LogP contribution < -0.4 is 10.1 Å². The lowest BCUT2D eigenvalue weighted by atomic mass is 10.2. The molecule has 23 heavy (non-hydrogen) atoms. The largest absolute Gasteiger partial charge is 0.573 e. The molecule has 0 bridgehead atoms. The van der Waals surface area contributed by atoms with Crippen LogP contribution in [0.5, 0.6) is 5.75 Å². The van der Waals surface area contributed by atoms with Gasteiger partial charge in [-0.15, -0.1) is 13.2 Å². The molecule has 1 aliphatic heterocycles. The third-order valence-electron chi connectivity index (χ3n) is 3.12. The Kier molecular flexibility index (Phi) is 3.56. The summed E-state index contributed by atoms with van der Waals surface area (Å²) in [6.07, 6.45) is -3.26. The number of hydrogen-bond donors (Lipinski definition) is 1. The van der Waals surface area contributed by atoms with Gasteiger partial charge in [0.1, 0.15) is 10.6 Å². The zero-order chi connectivity index (χ0) is 16.7. The highest BCUT2D eigenvalue weighted by Gasteiger charge is 2.31. The van der Waals surface area contributed by atoms with E-state index in [-0.39, 0.29) is 10.6 Å². The van der Waals surface area contributed by atoms with Gasteiger partial charge in [0, 0.05) is 11.1 Å². The topological polar surface area (TPSA) is 55.4 Å². The lowest BCUT2D eigenvalue weighted by Crippen LogP contribution is -2.16. The summed E-state index contributed by atoms with van der Waals surface area (Å²) in [7, 11) is -3.51. The van der Waals surface area contributed by atoms with E-state index in [1.165, 1.54) is 18.2 Å². The predicted molar refractivity (Wildman–Crippen MR) is 79.1 cm³/mol. The third-order valence-corrected chi connectivity index (χ3v) is 4.64. The van der Waals surface area contributed by atoms with Crippen molar-refractivity contribution in [3.05, 3.63) is 53.4 Å². The average molecular weight is 341 g/mol. The van der Waals surface area contributed by atoms with Gasteiger partial charge in [-0.2, -0.15) is 0 Å². The van der Waals surface area contributed by atoms with Crippen LogP contribution in [0.4, 0.5) is 24.5 Å². The molecule has 0 unspecified atom stereocenters. The molecule has 2 aromatic carbocycles. The highest BCUT2D eigenvalue weighted by Crippen LogP contribution is 2.35. The summed E-state index contributed by atoms with van der Waals surface area (Å²) >= 11 is 0. The number of alkyl halides is 3. The standard InChI is InChI=1S/C15H10F3NO3S/c16-15(17,18)22-12-6-4-11(5-7-12)19-13-3-1-2-10-8-9-23(20,21)14(10)13/h1-9,19H. The Morgan fingerprint density at radius 1 is 1.00 bits per heavy atom. The monoisotopic (exact) mass is 341 g/mol. The van der Waals surface area contributed by atoms with E-state index in [4.69, 9.17) is 0 Å². The van der Waals surface area contributed by atoms with Gasteiger partial charge in [0.15, 0.2) is 0 Å². The van der Waals surface area contributed by atoms with Crippen molar-refractivity contribution in [2.45, 2.75) is 11.3 Å². The molecule has 0 radical (unpaired) electrons. The van der Waals surface area contributed by atoms with Crippen molar-refractivity contribution < 1.29 is 26.3 Å². The summed E-state index contributed by atoms with van der Waals surface area (Å²) in [5.74, 6) is -0.351. The number of benzene rings is 2. The smallest absolute Gasteiger partial charge is 0.406 e. The van der Waals surface area contributed by atoms with Crippen molar-refractivity contribution in [3.8, 4) is 5.75 Å². The molecule has 0 saturated carbocycles. The maximum atomic E-state index is 12.1. The molecule has 2 aromatic rings. The Morgan fingerprint density at radius 3 is 2.35 bits per heavy atom. The lowest BCUT2D eigenvalue weighted by molar-refractivity contribution is -0.274. The first-order chi connectivity index (χ1) is 10.7. The quantitative estimate of drug-likeness (QED) is 0.914. The third kappa shape index (κ3) is 3.31. The molecule has 0 aliphatic carbocycles. The van der Waals surface area contributed by atoms with Crippen molar-refractivity contribution in [1.82, 2.24) is 0 Å². The lowest BCUT2D eigenvalue weighted by Gasteiger charge is -2.12. The number of ether oxygens (including phenoxy) is 1. The SMILES string of the molecule is O=S1(=O)C=Cc2cccc(Nc3ccc(OC(F)(F)F)cc3)c21. The average Bonchev–Trinajstić information content (AvgIpc) is 2.76. The van der Waals surface area contributed by atoms with E-state index in [9.17, 15) is 21.6 Å². The summed E-state index contributed by atoms with van der Waals surface area (Å²) < 4.78 is 64.1. The van der Waals surface area contributed by atoms with E-state index in [0.29, 0.717) is 16.9 Å². The molecule has 0 amide bonds. The van der Waals surface area contributed by atoms with Crippen molar-refractivity contribution in [2.75, 3.05) is 5.32 Å². The number of rotatable bonds is 3. The fourth-order valence-corrected chi connectivity index (χ4v) is 3.58. The van der Waals surface area contributed by atoms with Crippen LogP contribution in [0, 0.1) is 0 Å². The summed E-state index contributed by atoms with van der Waals surface area (Å²) in [5, 5.41) is 4.01. The van der Waals surface area contributed by atoms with Gasteiger partial charge in [0.05, 0.1) is 5.69 Å². The maximum Gasteiger partial charge on any atom is 0.573 e. The molecule has 1 aliphatic rings. The van der Waals surface area contributed by atoms with Crippen LogP contribution in [0.1, 0.15) is 5.56 Å². The molecular weight excluding hydrogens is 331 g/mol. The highest BCUT2D eigenvalue weighted by atomic mass is 32.2. The maximum absolute atomic E-state index is 12.1. The molecule has 3 rings (SSSR count). The van der Waals surface area contributed by atoms with Gasteiger partial charge in [-0.25, -0.2) is 8.42 Å². The van der Waals surface area contributed by atoms with Crippen LogP contribution in [0.25, 0.3) is 6.08 Å². The zero-order valence-corrected chi connectivity index (χ0v) is 12.3. The normalized spacial score (nSPS) is 15.3. The minimum Gasteiger partial charge on any atom is -0.406 e.